The van der Waals surface area contributed by atoms with Gasteiger partial charge in [0.2, 0.25) is 5.91 Å². The molecular formula is C21H25ClN4O5S2. The van der Waals surface area contributed by atoms with E-state index in [9.17, 15) is 22.8 Å². The number of amides is 3. The second-order valence-corrected chi connectivity index (χ2v) is 11.8. The molecule has 3 N–H and O–H groups in total. The number of hydrogen-bond donors (Lipinski definition) is 3. The number of aromatic nitrogens is 1. The van der Waals surface area contributed by atoms with Crippen molar-refractivity contribution in [2.75, 3.05) is 29.2 Å². The quantitative estimate of drug-likeness (QED) is 0.440. The van der Waals surface area contributed by atoms with Gasteiger partial charge in [0.25, 0.3) is 0 Å². The van der Waals surface area contributed by atoms with Crippen molar-refractivity contribution in [1.82, 2.24) is 10.3 Å². The Morgan fingerprint density at radius 3 is 2.55 bits per heavy atom. The molecule has 1 aromatic heterocycles. The molecule has 0 aliphatic heterocycles. The van der Waals surface area contributed by atoms with Crippen molar-refractivity contribution in [1.29, 1.82) is 0 Å². The molecule has 0 unspecified atom stereocenters. The highest BCUT2D eigenvalue weighted by molar-refractivity contribution is 7.90. The Labute approximate surface area is 201 Å². The van der Waals surface area contributed by atoms with E-state index in [-0.39, 0.29) is 36.3 Å². The minimum atomic E-state index is -3.19. The first-order valence-corrected chi connectivity index (χ1v) is 13.7. The Kier molecular flexibility index (Phi) is 8.44. The molecule has 0 saturated heterocycles. The van der Waals surface area contributed by atoms with E-state index in [1.165, 1.54) is 6.20 Å². The van der Waals surface area contributed by atoms with Crippen LogP contribution in [0.5, 0.6) is 0 Å². The molecule has 1 aliphatic carbocycles. The van der Waals surface area contributed by atoms with Crippen LogP contribution in [0.3, 0.4) is 0 Å². The number of nitrogens with zero attached hydrogens (tertiary/aromatic N) is 1. The summed E-state index contributed by atoms with van der Waals surface area (Å²) in [6.07, 6.45) is 6.01. The number of carbonyl (C=O) groups excluding carboxylic acids is 3. The number of sulfone groups is 1. The van der Waals surface area contributed by atoms with Gasteiger partial charge in [0.15, 0.2) is 10.9 Å². The molecule has 0 atom stereocenters. The maximum absolute atomic E-state index is 13.2. The standard InChI is InChI=1S/C21H25ClN4O5S2/c1-33(30,31)9-8-23-18(27)10-14-6-7-15(11-16(14)19(28)13-4-2-3-5-13)25-20(29)26-21-24-12-17(22)32-21/h6-7,11-13H,2-5,8-10H2,1H3,(H,23,27)(H2,24,25,26,29). The Bertz CT molecular complexity index is 1140. The molecule has 12 heteroatoms. The van der Waals surface area contributed by atoms with Crippen LogP contribution in [0.1, 0.15) is 41.6 Å². The summed E-state index contributed by atoms with van der Waals surface area (Å²) < 4.78 is 23.0. The lowest BCUT2D eigenvalue weighted by Crippen LogP contribution is -2.30. The number of thiazole rings is 1. The van der Waals surface area contributed by atoms with E-state index in [2.05, 4.69) is 20.9 Å². The first-order chi connectivity index (χ1) is 15.6. The molecule has 2 aromatic rings. The summed E-state index contributed by atoms with van der Waals surface area (Å²) in [5.41, 5.74) is 1.31. The minimum Gasteiger partial charge on any atom is -0.355 e. The van der Waals surface area contributed by atoms with Gasteiger partial charge in [0.05, 0.1) is 18.4 Å². The van der Waals surface area contributed by atoms with Gasteiger partial charge in [0.1, 0.15) is 14.2 Å². The van der Waals surface area contributed by atoms with E-state index in [0.717, 1.165) is 43.3 Å². The lowest BCUT2D eigenvalue weighted by molar-refractivity contribution is -0.120. The van der Waals surface area contributed by atoms with Crippen molar-refractivity contribution in [3.63, 3.8) is 0 Å². The maximum Gasteiger partial charge on any atom is 0.325 e. The van der Waals surface area contributed by atoms with Gasteiger partial charge >= 0.3 is 6.03 Å². The second-order valence-electron chi connectivity index (χ2n) is 7.92. The normalized spacial score (nSPS) is 14.1. The summed E-state index contributed by atoms with van der Waals surface area (Å²) in [4.78, 5) is 41.8. The molecule has 3 amide bonds. The lowest BCUT2D eigenvalue weighted by atomic mass is 9.91. The fourth-order valence-corrected chi connectivity index (χ4v) is 4.91. The van der Waals surface area contributed by atoms with Crippen LogP contribution in [0.2, 0.25) is 4.34 Å². The van der Waals surface area contributed by atoms with Crippen LogP contribution in [-0.4, -0.2) is 49.7 Å². The van der Waals surface area contributed by atoms with E-state index < -0.39 is 15.9 Å². The lowest BCUT2D eigenvalue weighted by Gasteiger charge is -2.15. The number of carbonyl (C=O) groups is 3. The molecule has 1 fully saturated rings. The molecule has 9 nitrogen and oxygen atoms in total. The third kappa shape index (κ3) is 7.79. The largest absolute Gasteiger partial charge is 0.355 e. The maximum atomic E-state index is 13.2. The van der Waals surface area contributed by atoms with Crippen LogP contribution in [0.4, 0.5) is 15.6 Å². The highest BCUT2D eigenvalue weighted by Gasteiger charge is 2.26. The molecule has 1 saturated carbocycles. The predicted molar refractivity (Wildman–Crippen MR) is 129 cm³/mol. The summed E-state index contributed by atoms with van der Waals surface area (Å²) in [6, 6.07) is 4.29. The molecule has 0 spiro atoms. The third-order valence-electron chi connectivity index (χ3n) is 5.20. The van der Waals surface area contributed by atoms with Gasteiger partial charge in [-0.3, -0.25) is 14.9 Å². The molecule has 178 valence electrons. The van der Waals surface area contributed by atoms with Crippen LogP contribution < -0.4 is 16.0 Å². The van der Waals surface area contributed by atoms with E-state index in [4.69, 9.17) is 11.6 Å². The molecule has 0 radical (unpaired) electrons. The monoisotopic (exact) mass is 512 g/mol. The zero-order valence-corrected chi connectivity index (χ0v) is 20.4. The molecule has 1 heterocycles. The third-order valence-corrected chi connectivity index (χ3v) is 7.18. The van der Waals surface area contributed by atoms with Gasteiger partial charge < -0.3 is 10.6 Å². The first-order valence-electron chi connectivity index (χ1n) is 10.4. The van der Waals surface area contributed by atoms with Gasteiger partial charge in [-0.25, -0.2) is 18.2 Å². The van der Waals surface area contributed by atoms with Gasteiger partial charge in [-0.15, -0.1) is 0 Å². The number of Topliss-reactive ketones (excluding diaryl/α,β-unsaturated/α-hetero) is 1. The molecule has 33 heavy (non-hydrogen) atoms. The Morgan fingerprint density at radius 1 is 1.18 bits per heavy atom. The fourth-order valence-electron chi connectivity index (χ4n) is 3.63. The second kappa shape index (κ2) is 11.1. The predicted octanol–water partition coefficient (Wildman–Crippen LogP) is 3.52. The molecular weight excluding hydrogens is 488 g/mol. The fraction of sp³-hybridized carbons (Fsp3) is 0.429. The average Bonchev–Trinajstić information content (AvgIpc) is 3.39. The van der Waals surface area contributed by atoms with Crippen LogP contribution in [0.25, 0.3) is 0 Å². The number of halogens is 1. The molecule has 0 bridgehead atoms. The van der Waals surface area contributed by atoms with Crippen molar-refractivity contribution in [3.8, 4) is 0 Å². The van der Waals surface area contributed by atoms with Gasteiger partial charge in [-0.2, -0.15) is 0 Å². The Balaban J connectivity index is 1.73. The number of benzene rings is 1. The summed E-state index contributed by atoms with van der Waals surface area (Å²) in [5.74, 6) is -0.700. The smallest absolute Gasteiger partial charge is 0.325 e. The van der Waals surface area contributed by atoms with Crippen LogP contribution in [0, 0.1) is 5.92 Å². The van der Waals surface area contributed by atoms with E-state index in [1.54, 1.807) is 18.2 Å². The van der Waals surface area contributed by atoms with E-state index >= 15 is 0 Å². The van der Waals surface area contributed by atoms with E-state index in [1.807, 2.05) is 0 Å². The summed E-state index contributed by atoms with van der Waals surface area (Å²) in [5, 5.41) is 8.15. The van der Waals surface area contributed by atoms with Crippen molar-refractivity contribution < 1.29 is 22.8 Å². The molecule has 3 rings (SSSR count). The summed E-state index contributed by atoms with van der Waals surface area (Å²) in [7, 11) is -3.19. The zero-order valence-electron chi connectivity index (χ0n) is 18.0. The van der Waals surface area contributed by atoms with Crippen molar-refractivity contribution in [3.05, 3.63) is 39.9 Å². The summed E-state index contributed by atoms with van der Waals surface area (Å²) in [6.45, 7) is 0.00412. The Hall–Kier alpha value is -2.50. The number of urea groups is 1. The highest BCUT2D eigenvalue weighted by Crippen LogP contribution is 2.30. The number of anilines is 2. The van der Waals surface area contributed by atoms with Crippen LogP contribution in [-0.2, 0) is 21.1 Å². The molecule has 1 aromatic carbocycles. The minimum absolute atomic E-state index is 0.00412. The van der Waals surface area contributed by atoms with Crippen LogP contribution >= 0.6 is 22.9 Å². The van der Waals surface area contributed by atoms with E-state index in [0.29, 0.717) is 26.3 Å². The van der Waals surface area contributed by atoms with Crippen molar-refractivity contribution in [2.45, 2.75) is 32.1 Å². The number of ketones is 1. The van der Waals surface area contributed by atoms with Gasteiger partial charge in [0, 0.05) is 30.0 Å². The SMILES string of the molecule is CS(=O)(=O)CCNC(=O)Cc1ccc(NC(=O)Nc2ncc(Cl)s2)cc1C(=O)C1CCCC1. The zero-order chi connectivity index (χ0) is 24.0. The molecule has 1 aliphatic rings. The van der Waals surface area contributed by atoms with Gasteiger partial charge in [-0.1, -0.05) is 41.8 Å². The summed E-state index contributed by atoms with van der Waals surface area (Å²) >= 11 is 6.93. The van der Waals surface area contributed by atoms with Crippen molar-refractivity contribution >= 4 is 61.3 Å². The number of rotatable bonds is 9. The Morgan fingerprint density at radius 2 is 1.91 bits per heavy atom. The number of nitrogens with one attached hydrogen (secondary N) is 3. The first kappa shape index (κ1) is 25.1. The average molecular weight is 513 g/mol. The van der Waals surface area contributed by atoms with Crippen molar-refractivity contribution in [2.24, 2.45) is 5.92 Å². The number of hydrogen-bond acceptors (Lipinski definition) is 7. The topological polar surface area (TPSA) is 134 Å². The highest BCUT2D eigenvalue weighted by atomic mass is 35.5. The van der Waals surface area contributed by atoms with Crippen LogP contribution in [0.15, 0.2) is 24.4 Å². The van der Waals surface area contributed by atoms with Gasteiger partial charge in [-0.05, 0) is 30.5 Å².